The fourth-order valence-electron chi connectivity index (χ4n) is 3.16. The molecule has 0 aliphatic heterocycles. The standard InChI is InChI=1S/C22H19ClF3NO2/c1-3-4-11-27(21(28)22(24,25)26)13-19-20(15-6-8-16(23)9-7-15)17-12-14(2)5-10-18(17)29-19/h3,5-10,12H,1,4,11,13H2,2H3. The Morgan fingerprint density at radius 1 is 1.21 bits per heavy atom. The zero-order valence-corrected chi connectivity index (χ0v) is 16.5. The van der Waals surface area contributed by atoms with Gasteiger partial charge in [-0.25, -0.2) is 0 Å². The number of fused-ring (bicyclic) bond motifs is 1. The molecule has 3 aromatic rings. The maximum atomic E-state index is 13.1. The highest BCUT2D eigenvalue weighted by atomic mass is 35.5. The van der Waals surface area contributed by atoms with E-state index in [1.807, 2.05) is 19.1 Å². The molecule has 0 fully saturated rings. The minimum Gasteiger partial charge on any atom is -0.459 e. The summed E-state index contributed by atoms with van der Waals surface area (Å²) in [6.45, 7) is 5.02. The van der Waals surface area contributed by atoms with Gasteiger partial charge in [-0.3, -0.25) is 4.79 Å². The van der Waals surface area contributed by atoms with Crippen LogP contribution in [0, 0.1) is 6.92 Å². The Labute approximate surface area is 171 Å². The van der Waals surface area contributed by atoms with E-state index in [0.29, 0.717) is 16.2 Å². The average Bonchev–Trinajstić information content (AvgIpc) is 3.01. The molecule has 0 aliphatic rings. The summed E-state index contributed by atoms with van der Waals surface area (Å²) in [5, 5.41) is 1.31. The highest BCUT2D eigenvalue weighted by Gasteiger charge is 2.42. The van der Waals surface area contributed by atoms with Gasteiger partial charge in [0.1, 0.15) is 11.3 Å². The van der Waals surface area contributed by atoms with E-state index in [-0.39, 0.29) is 25.3 Å². The number of hydrogen-bond donors (Lipinski definition) is 0. The third-order valence-corrected chi connectivity index (χ3v) is 4.77. The molecule has 1 aromatic heterocycles. The van der Waals surface area contributed by atoms with Gasteiger partial charge >= 0.3 is 12.1 Å². The molecule has 1 heterocycles. The zero-order valence-electron chi connectivity index (χ0n) is 15.7. The minimum atomic E-state index is -4.97. The van der Waals surface area contributed by atoms with E-state index in [1.54, 1.807) is 30.3 Å². The number of aryl methyl sites for hydroxylation is 1. The maximum absolute atomic E-state index is 13.1. The predicted molar refractivity (Wildman–Crippen MR) is 108 cm³/mol. The third kappa shape index (κ3) is 4.65. The van der Waals surface area contributed by atoms with Crippen LogP contribution in [0.2, 0.25) is 5.02 Å². The molecule has 0 unspecified atom stereocenters. The van der Waals surface area contributed by atoms with Crippen molar-refractivity contribution in [2.75, 3.05) is 6.54 Å². The molecule has 0 aliphatic carbocycles. The molecule has 29 heavy (non-hydrogen) atoms. The van der Waals surface area contributed by atoms with Crippen LogP contribution in [0.3, 0.4) is 0 Å². The molecule has 0 spiro atoms. The van der Waals surface area contributed by atoms with E-state index < -0.39 is 12.1 Å². The summed E-state index contributed by atoms with van der Waals surface area (Å²) in [6, 6.07) is 12.5. The number of furan rings is 1. The largest absolute Gasteiger partial charge is 0.471 e. The molecule has 0 saturated carbocycles. The molecule has 3 nitrogen and oxygen atoms in total. The number of hydrogen-bond acceptors (Lipinski definition) is 2. The van der Waals surface area contributed by atoms with Crippen LogP contribution < -0.4 is 0 Å². The number of nitrogens with zero attached hydrogens (tertiary/aromatic N) is 1. The molecule has 0 radical (unpaired) electrons. The van der Waals surface area contributed by atoms with Gasteiger partial charge in [0.25, 0.3) is 0 Å². The van der Waals surface area contributed by atoms with E-state index in [1.165, 1.54) is 6.08 Å². The second-order valence-electron chi connectivity index (χ2n) is 6.71. The molecule has 1 amide bonds. The fraction of sp³-hybridized carbons (Fsp3) is 0.227. The summed E-state index contributed by atoms with van der Waals surface area (Å²) in [6.07, 6.45) is -3.26. The molecule has 7 heteroatoms. The van der Waals surface area contributed by atoms with Gasteiger partial charge < -0.3 is 9.32 Å². The number of halogens is 4. The van der Waals surface area contributed by atoms with Crippen LogP contribution in [0.1, 0.15) is 17.7 Å². The smallest absolute Gasteiger partial charge is 0.459 e. The van der Waals surface area contributed by atoms with Crippen LogP contribution in [-0.4, -0.2) is 23.5 Å². The van der Waals surface area contributed by atoms with Crippen molar-refractivity contribution in [3.8, 4) is 11.1 Å². The van der Waals surface area contributed by atoms with Crippen molar-refractivity contribution < 1.29 is 22.4 Å². The lowest BCUT2D eigenvalue weighted by Gasteiger charge is -2.22. The van der Waals surface area contributed by atoms with Gasteiger partial charge in [0.15, 0.2) is 0 Å². The van der Waals surface area contributed by atoms with Crippen molar-refractivity contribution >= 4 is 28.5 Å². The Morgan fingerprint density at radius 2 is 1.90 bits per heavy atom. The Morgan fingerprint density at radius 3 is 2.52 bits per heavy atom. The van der Waals surface area contributed by atoms with Crippen molar-refractivity contribution in [2.45, 2.75) is 26.1 Å². The highest BCUT2D eigenvalue weighted by molar-refractivity contribution is 6.30. The van der Waals surface area contributed by atoms with Gasteiger partial charge in [-0.2, -0.15) is 13.2 Å². The quantitative estimate of drug-likeness (QED) is 0.424. The number of carbonyl (C=O) groups is 1. The van der Waals surface area contributed by atoms with Gasteiger partial charge in [0.2, 0.25) is 0 Å². The lowest BCUT2D eigenvalue weighted by molar-refractivity contribution is -0.186. The van der Waals surface area contributed by atoms with Crippen LogP contribution in [0.15, 0.2) is 59.5 Å². The number of carbonyl (C=O) groups excluding carboxylic acids is 1. The molecular formula is C22H19ClF3NO2. The molecule has 152 valence electrons. The first kappa shape index (κ1) is 21.0. The topological polar surface area (TPSA) is 33.5 Å². The van der Waals surface area contributed by atoms with E-state index in [9.17, 15) is 18.0 Å². The predicted octanol–water partition coefficient (Wildman–Crippen LogP) is 6.53. The molecule has 0 N–H and O–H groups in total. The summed E-state index contributed by atoms with van der Waals surface area (Å²) in [5.41, 5.74) is 2.92. The Hall–Kier alpha value is -2.73. The van der Waals surface area contributed by atoms with Gasteiger partial charge in [-0.05, 0) is 43.2 Å². The summed E-state index contributed by atoms with van der Waals surface area (Å²) in [7, 11) is 0. The Balaban J connectivity index is 2.11. The number of rotatable bonds is 6. The first-order valence-electron chi connectivity index (χ1n) is 8.95. The lowest BCUT2D eigenvalue weighted by Crippen LogP contribution is -2.41. The van der Waals surface area contributed by atoms with Gasteiger partial charge in [0, 0.05) is 22.5 Å². The van der Waals surface area contributed by atoms with Crippen LogP contribution in [0.5, 0.6) is 0 Å². The molecule has 0 bridgehead atoms. The SMILES string of the molecule is C=CCCN(Cc1oc2ccc(C)cc2c1-c1ccc(Cl)cc1)C(=O)C(F)(F)F. The molecule has 2 aromatic carbocycles. The molecule has 3 rings (SSSR count). The van der Waals surface area contributed by atoms with Crippen LogP contribution >= 0.6 is 11.6 Å². The van der Waals surface area contributed by atoms with Crippen molar-refractivity contribution in [3.05, 3.63) is 71.5 Å². The molecule has 0 atom stereocenters. The van der Waals surface area contributed by atoms with Crippen LogP contribution in [-0.2, 0) is 11.3 Å². The Bertz CT molecular complexity index is 1040. The van der Waals surface area contributed by atoms with Crippen molar-refractivity contribution in [1.82, 2.24) is 4.90 Å². The third-order valence-electron chi connectivity index (χ3n) is 4.52. The minimum absolute atomic E-state index is 0.113. The van der Waals surface area contributed by atoms with Gasteiger partial charge in [-0.15, -0.1) is 6.58 Å². The monoisotopic (exact) mass is 421 g/mol. The van der Waals surface area contributed by atoms with Crippen molar-refractivity contribution in [3.63, 3.8) is 0 Å². The first-order chi connectivity index (χ1) is 13.7. The zero-order chi connectivity index (χ0) is 21.2. The van der Waals surface area contributed by atoms with E-state index in [4.69, 9.17) is 16.0 Å². The number of amides is 1. The van der Waals surface area contributed by atoms with Crippen molar-refractivity contribution in [2.24, 2.45) is 0 Å². The number of benzene rings is 2. The first-order valence-corrected chi connectivity index (χ1v) is 9.33. The summed E-state index contributed by atoms with van der Waals surface area (Å²) in [5.74, 6) is -1.62. The van der Waals surface area contributed by atoms with Crippen LogP contribution in [0.25, 0.3) is 22.1 Å². The molecule has 0 saturated heterocycles. The lowest BCUT2D eigenvalue weighted by atomic mass is 10.0. The number of alkyl halides is 3. The van der Waals surface area contributed by atoms with Crippen molar-refractivity contribution in [1.29, 1.82) is 0 Å². The summed E-state index contributed by atoms with van der Waals surface area (Å²) < 4.78 is 45.2. The Kier molecular flexibility index (Phi) is 6.03. The second kappa shape index (κ2) is 8.33. The summed E-state index contributed by atoms with van der Waals surface area (Å²) in [4.78, 5) is 12.7. The van der Waals surface area contributed by atoms with Gasteiger partial charge in [0.05, 0.1) is 6.54 Å². The summed E-state index contributed by atoms with van der Waals surface area (Å²) >= 11 is 5.98. The maximum Gasteiger partial charge on any atom is 0.471 e. The fourth-order valence-corrected chi connectivity index (χ4v) is 3.28. The second-order valence-corrected chi connectivity index (χ2v) is 7.14. The normalized spacial score (nSPS) is 11.6. The molecular weight excluding hydrogens is 403 g/mol. The average molecular weight is 422 g/mol. The van der Waals surface area contributed by atoms with Crippen LogP contribution in [0.4, 0.5) is 13.2 Å². The van der Waals surface area contributed by atoms with E-state index >= 15 is 0 Å². The highest BCUT2D eigenvalue weighted by Crippen LogP contribution is 2.37. The van der Waals surface area contributed by atoms with Gasteiger partial charge in [-0.1, -0.05) is 41.4 Å². The van der Waals surface area contributed by atoms with E-state index in [0.717, 1.165) is 21.4 Å². The van der Waals surface area contributed by atoms with E-state index in [2.05, 4.69) is 6.58 Å².